The average molecular weight is 419 g/mol. The summed E-state index contributed by atoms with van der Waals surface area (Å²) < 4.78 is 33.0. The van der Waals surface area contributed by atoms with Crippen LogP contribution in [0.25, 0.3) is 0 Å². The largest absolute Gasteiger partial charge is 0.495 e. The molecule has 0 fully saturated rings. The number of hydrogen-bond donors (Lipinski definition) is 0. The van der Waals surface area contributed by atoms with E-state index in [1.807, 2.05) is 34.6 Å². The fourth-order valence-electron chi connectivity index (χ4n) is 3.37. The van der Waals surface area contributed by atoms with Gasteiger partial charge in [-0.2, -0.15) is 0 Å². The molecule has 7 heteroatoms. The highest BCUT2D eigenvalue weighted by Crippen LogP contribution is 2.31. The van der Waals surface area contributed by atoms with Gasteiger partial charge in [-0.05, 0) is 64.4 Å². The Bertz CT molecular complexity index is 976. The minimum absolute atomic E-state index is 0.00147. The molecule has 0 aliphatic heterocycles. The smallest absolute Gasteiger partial charge is 0.264 e. The molecule has 0 N–H and O–H groups in total. The van der Waals surface area contributed by atoms with E-state index in [1.165, 1.54) is 30.6 Å². The van der Waals surface area contributed by atoms with Gasteiger partial charge in [-0.1, -0.05) is 18.2 Å². The summed E-state index contributed by atoms with van der Waals surface area (Å²) in [5, 5.41) is 0. The number of hydrogen-bond acceptors (Lipinski definition) is 4. The summed E-state index contributed by atoms with van der Waals surface area (Å²) in [6, 6.07) is 11.6. The van der Waals surface area contributed by atoms with Crippen LogP contribution in [0.3, 0.4) is 0 Å². The van der Waals surface area contributed by atoms with Gasteiger partial charge in [0.25, 0.3) is 15.9 Å². The molecule has 0 saturated heterocycles. The predicted molar refractivity (Wildman–Crippen MR) is 116 cm³/mol. The van der Waals surface area contributed by atoms with E-state index in [4.69, 9.17) is 4.74 Å². The first kappa shape index (κ1) is 22.7. The molecule has 2 aromatic carbocycles. The van der Waals surface area contributed by atoms with E-state index in [2.05, 4.69) is 0 Å². The van der Waals surface area contributed by atoms with Crippen LogP contribution in [0.15, 0.2) is 47.4 Å². The first-order valence-electron chi connectivity index (χ1n) is 9.57. The highest BCUT2D eigenvalue weighted by Gasteiger charge is 2.28. The Hall–Kier alpha value is -2.54. The fraction of sp³-hybridized carbons (Fsp3) is 0.409. The molecule has 1 amide bonds. The Kier molecular flexibility index (Phi) is 6.95. The number of para-hydroxylation sites is 2. The van der Waals surface area contributed by atoms with Crippen LogP contribution in [0, 0.1) is 6.92 Å². The number of carbonyl (C=O) groups is 1. The van der Waals surface area contributed by atoms with E-state index in [0.717, 1.165) is 5.56 Å². The summed E-state index contributed by atoms with van der Waals surface area (Å²) >= 11 is 0. The maximum absolute atomic E-state index is 13.3. The molecule has 158 valence electrons. The van der Waals surface area contributed by atoms with Crippen molar-refractivity contribution in [1.29, 1.82) is 0 Å². The molecule has 0 atom stereocenters. The quantitative estimate of drug-likeness (QED) is 0.679. The van der Waals surface area contributed by atoms with Crippen LogP contribution in [0.5, 0.6) is 5.75 Å². The standard InChI is InChI=1S/C22H30N2O4S/c1-15(2)24(16(3)4)22(25)19-14-18(13-12-17(19)5)29(26,27)23(6)20-10-8-9-11-21(20)28-7/h8-16H,1-7H3. The number of aryl methyl sites for hydroxylation is 1. The molecular weight excluding hydrogens is 388 g/mol. The SMILES string of the molecule is COc1ccccc1N(C)S(=O)(=O)c1ccc(C)c(C(=O)N(C(C)C)C(C)C)c1. The van der Waals surface area contributed by atoms with Gasteiger partial charge in [0.2, 0.25) is 0 Å². The Morgan fingerprint density at radius 2 is 1.59 bits per heavy atom. The van der Waals surface area contributed by atoms with Crippen molar-refractivity contribution in [3.8, 4) is 5.75 Å². The second kappa shape index (κ2) is 8.86. The maximum atomic E-state index is 13.3. The number of sulfonamides is 1. The van der Waals surface area contributed by atoms with E-state index < -0.39 is 10.0 Å². The lowest BCUT2D eigenvalue weighted by atomic mass is 10.1. The first-order chi connectivity index (χ1) is 13.5. The Balaban J connectivity index is 2.53. The van der Waals surface area contributed by atoms with Gasteiger partial charge in [-0.25, -0.2) is 8.42 Å². The van der Waals surface area contributed by atoms with Crippen LogP contribution in [0.2, 0.25) is 0 Å². The molecule has 29 heavy (non-hydrogen) atoms. The third-order valence-corrected chi connectivity index (χ3v) is 6.64. The second-order valence-corrected chi connectivity index (χ2v) is 9.49. The Morgan fingerprint density at radius 1 is 1.00 bits per heavy atom. The lowest BCUT2D eigenvalue weighted by Gasteiger charge is -2.31. The van der Waals surface area contributed by atoms with E-state index in [9.17, 15) is 13.2 Å². The molecule has 0 unspecified atom stereocenters. The number of carbonyl (C=O) groups excluding carboxylic acids is 1. The number of methoxy groups -OCH3 is 1. The lowest BCUT2D eigenvalue weighted by molar-refractivity contribution is 0.0642. The second-order valence-electron chi connectivity index (χ2n) is 7.52. The van der Waals surface area contributed by atoms with Crippen LogP contribution in [0.4, 0.5) is 5.69 Å². The molecule has 2 aromatic rings. The molecule has 0 aliphatic carbocycles. The van der Waals surface area contributed by atoms with Crippen LogP contribution in [0.1, 0.15) is 43.6 Å². The summed E-state index contributed by atoms with van der Waals surface area (Å²) in [5.74, 6) is 0.275. The summed E-state index contributed by atoms with van der Waals surface area (Å²) in [6.45, 7) is 9.60. The molecule has 0 aliphatic rings. The minimum atomic E-state index is -3.88. The molecule has 0 heterocycles. The highest BCUT2D eigenvalue weighted by atomic mass is 32.2. The van der Waals surface area contributed by atoms with Crippen molar-refractivity contribution in [3.63, 3.8) is 0 Å². The molecule has 6 nitrogen and oxygen atoms in total. The zero-order valence-electron chi connectivity index (χ0n) is 18.1. The number of benzene rings is 2. The van der Waals surface area contributed by atoms with Crippen molar-refractivity contribution in [3.05, 3.63) is 53.6 Å². The number of rotatable bonds is 7. The lowest BCUT2D eigenvalue weighted by Crippen LogP contribution is -2.42. The van der Waals surface area contributed by atoms with Crippen molar-refractivity contribution in [2.75, 3.05) is 18.5 Å². The Morgan fingerprint density at radius 3 is 2.14 bits per heavy atom. The number of nitrogens with zero attached hydrogens (tertiary/aromatic N) is 2. The monoisotopic (exact) mass is 418 g/mol. The minimum Gasteiger partial charge on any atom is -0.495 e. The number of amides is 1. The van der Waals surface area contributed by atoms with E-state index in [-0.39, 0.29) is 22.9 Å². The van der Waals surface area contributed by atoms with Gasteiger partial charge in [-0.3, -0.25) is 9.10 Å². The fourth-order valence-corrected chi connectivity index (χ4v) is 4.61. The summed E-state index contributed by atoms with van der Waals surface area (Å²) in [4.78, 5) is 15.0. The molecule has 0 saturated carbocycles. The average Bonchev–Trinajstić information content (AvgIpc) is 2.66. The predicted octanol–water partition coefficient (Wildman–Crippen LogP) is 4.09. The summed E-state index contributed by atoms with van der Waals surface area (Å²) in [5.41, 5.74) is 1.55. The summed E-state index contributed by atoms with van der Waals surface area (Å²) in [7, 11) is -0.911. The van der Waals surface area contributed by atoms with E-state index in [1.54, 1.807) is 35.2 Å². The van der Waals surface area contributed by atoms with Crippen molar-refractivity contribution < 1.29 is 17.9 Å². The van der Waals surface area contributed by atoms with Gasteiger partial charge in [0.15, 0.2) is 0 Å². The third kappa shape index (κ3) is 4.56. The molecule has 2 rings (SSSR count). The molecular formula is C22H30N2O4S. The van der Waals surface area contributed by atoms with E-state index in [0.29, 0.717) is 17.0 Å². The van der Waals surface area contributed by atoms with Crippen LogP contribution >= 0.6 is 0 Å². The maximum Gasteiger partial charge on any atom is 0.264 e. The third-order valence-electron chi connectivity index (χ3n) is 4.87. The van der Waals surface area contributed by atoms with Gasteiger partial charge in [0.1, 0.15) is 5.75 Å². The normalized spacial score (nSPS) is 11.6. The number of anilines is 1. The van der Waals surface area contributed by atoms with Crippen LogP contribution < -0.4 is 9.04 Å². The van der Waals surface area contributed by atoms with Gasteiger partial charge in [-0.15, -0.1) is 0 Å². The zero-order chi connectivity index (χ0) is 21.9. The van der Waals surface area contributed by atoms with Gasteiger partial charge in [0, 0.05) is 24.7 Å². The van der Waals surface area contributed by atoms with Gasteiger partial charge < -0.3 is 9.64 Å². The van der Waals surface area contributed by atoms with Crippen molar-refractivity contribution in [1.82, 2.24) is 4.90 Å². The van der Waals surface area contributed by atoms with Gasteiger partial charge in [0.05, 0.1) is 17.7 Å². The van der Waals surface area contributed by atoms with Gasteiger partial charge >= 0.3 is 0 Å². The molecule has 0 radical (unpaired) electrons. The summed E-state index contributed by atoms with van der Waals surface area (Å²) in [6.07, 6.45) is 0. The molecule has 0 bridgehead atoms. The zero-order valence-corrected chi connectivity index (χ0v) is 18.9. The molecule has 0 aromatic heterocycles. The Labute approximate surface area is 174 Å². The van der Waals surface area contributed by atoms with E-state index >= 15 is 0 Å². The van der Waals surface area contributed by atoms with Crippen molar-refractivity contribution >= 4 is 21.6 Å². The van der Waals surface area contributed by atoms with Crippen molar-refractivity contribution in [2.45, 2.75) is 51.6 Å². The molecule has 0 spiro atoms. The highest BCUT2D eigenvalue weighted by molar-refractivity contribution is 7.92. The number of ether oxygens (including phenoxy) is 1. The van der Waals surface area contributed by atoms with Crippen LogP contribution in [-0.4, -0.2) is 45.5 Å². The van der Waals surface area contributed by atoms with Crippen molar-refractivity contribution in [2.24, 2.45) is 0 Å². The van der Waals surface area contributed by atoms with Crippen LogP contribution in [-0.2, 0) is 10.0 Å². The first-order valence-corrected chi connectivity index (χ1v) is 11.0. The topological polar surface area (TPSA) is 66.9 Å².